The lowest BCUT2D eigenvalue weighted by Crippen LogP contribution is -2.18. The number of ether oxygens (including phenoxy) is 1. The van der Waals surface area contributed by atoms with E-state index in [1.807, 2.05) is 30.3 Å². The van der Waals surface area contributed by atoms with Gasteiger partial charge in [-0.1, -0.05) is 18.2 Å². The minimum absolute atomic E-state index is 0.0310. The Morgan fingerprint density at radius 1 is 1.12 bits per heavy atom. The van der Waals surface area contributed by atoms with Crippen LogP contribution < -0.4 is 10.9 Å². The Bertz CT molecular complexity index is 949. The highest BCUT2D eigenvalue weighted by atomic mass is 16.5. The van der Waals surface area contributed by atoms with Gasteiger partial charge in [0.25, 0.3) is 5.56 Å². The van der Waals surface area contributed by atoms with Gasteiger partial charge in [-0.2, -0.15) is 0 Å². The second kappa shape index (κ2) is 8.11. The molecular formula is C20H19N3O3. The van der Waals surface area contributed by atoms with E-state index in [4.69, 9.17) is 4.74 Å². The molecule has 0 saturated carbocycles. The first-order valence-corrected chi connectivity index (χ1v) is 8.29. The van der Waals surface area contributed by atoms with Crippen molar-refractivity contribution in [1.82, 2.24) is 9.55 Å². The highest BCUT2D eigenvalue weighted by Gasteiger charge is 2.07. The zero-order chi connectivity index (χ0) is 18.4. The number of carbonyl (C=O) groups excluding carboxylic acids is 1. The Kier molecular flexibility index (Phi) is 5.43. The van der Waals surface area contributed by atoms with Gasteiger partial charge in [-0.3, -0.25) is 9.78 Å². The number of anilines is 2. The third-order valence-corrected chi connectivity index (χ3v) is 3.74. The minimum Gasteiger partial charge on any atom is -0.462 e. The number of carbonyl (C=O) groups is 1. The molecule has 26 heavy (non-hydrogen) atoms. The first-order valence-electron chi connectivity index (χ1n) is 8.29. The van der Waals surface area contributed by atoms with Gasteiger partial charge in [0.1, 0.15) is 0 Å². The molecule has 1 aromatic carbocycles. The van der Waals surface area contributed by atoms with Crippen LogP contribution in [0, 0.1) is 0 Å². The van der Waals surface area contributed by atoms with E-state index in [9.17, 15) is 9.59 Å². The lowest BCUT2D eigenvalue weighted by atomic mass is 10.2. The lowest BCUT2D eigenvalue weighted by Gasteiger charge is -2.09. The number of pyridine rings is 2. The van der Waals surface area contributed by atoms with E-state index >= 15 is 0 Å². The van der Waals surface area contributed by atoms with Gasteiger partial charge >= 0.3 is 5.97 Å². The highest BCUT2D eigenvalue weighted by molar-refractivity contribution is 5.90. The Balaban J connectivity index is 1.70. The van der Waals surface area contributed by atoms with E-state index in [-0.39, 0.29) is 5.56 Å². The van der Waals surface area contributed by atoms with Crippen LogP contribution in [-0.4, -0.2) is 22.1 Å². The number of nitrogens with zero attached hydrogens (tertiary/aromatic N) is 2. The fourth-order valence-electron chi connectivity index (χ4n) is 2.48. The molecule has 0 aliphatic heterocycles. The smallest absolute Gasteiger partial charge is 0.339 e. The van der Waals surface area contributed by atoms with Crippen molar-refractivity contribution in [2.45, 2.75) is 13.5 Å². The van der Waals surface area contributed by atoms with Gasteiger partial charge in [0.15, 0.2) is 0 Å². The molecule has 0 atom stereocenters. The molecule has 0 unspecified atom stereocenters. The monoisotopic (exact) mass is 349 g/mol. The molecule has 2 aromatic heterocycles. The van der Waals surface area contributed by atoms with Gasteiger partial charge < -0.3 is 14.6 Å². The average Bonchev–Trinajstić information content (AvgIpc) is 2.66. The van der Waals surface area contributed by atoms with Gasteiger partial charge in [0.2, 0.25) is 0 Å². The van der Waals surface area contributed by atoms with Crippen LogP contribution in [0.15, 0.2) is 71.9 Å². The third kappa shape index (κ3) is 4.36. The van der Waals surface area contributed by atoms with Crippen LogP contribution in [0.3, 0.4) is 0 Å². The molecule has 0 bridgehead atoms. The molecule has 3 aromatic rings. The maximum atomic E-state index is 11.8. The zero-order valence-electron chi connectivity index (χ0n) is 14.4. The Labute approximate surface area is 151 Å². The van der Waals surface area contributed by atoms with E-state index in [0.717, 1.165) is 11.3 Å². The van der Waals surface area contributed by atoms with Crippen molar-refractivity contribution in [2.24, 2.45) is 0 Å². The molecule has 0 saturated heterocycles. The quantitative estimate of drug-likeness (QED) is 0.692. The largest absolute Gasteiger partial charge is 0.462 e. The van der Waals surface area contributed by atoms with Gasteiger partial charge in [0.05, 0.1) is 30.6 Å². The van der Waals surface area contributed by atoms with Crippen LogP contribution in [0.5, 0.6) is 0 Å². The van der Waals surface area contributed by atoms with Crippen molar-refractivity contribution in [3.8, 4) is 0 Å². The lowest BCUT2D eigenvalue weighted by molar-refractivity contribution is 0.0526. The molecule has 6 heteroatoms. The molecule has 0 radical (unpaired) electrons. The normalized spacial score (nSPS) is 10.3. The van der Waals surface area contributed by atoms with Crippen LogP contribution in [0.1, 0.15) is 22.8 Å². The second-order valence-corrected chi connectivity index (χ2v) is 5.67. The van der Waals surface area contributed by atoms with Gasteiger partial charge in [-0.05, 0) is 36.8 Å². The summed E-state index contributed by atoms with van der Waals surface area (Å²) < 4.78 is 6.63. The molecule has 0 amide bonds. The fraction of sp³-hybridized carbons (Fsp3) is 0.150. The predicted octanol–water partition coefficient (Wildman–Crippen LogP) is 3.21. The fourth-order valence-corrected chi connectivity index (χ4v) is 2.48. The second-order valence-electron chi connectivity index (χ2n) is 5.67. The summed E-state index contributed by atoms with van der Waals surface area (Å²) in [7, 11) is 0. The molecule has 3 rings (SSSR count). The molecule has 6 nitrogen and oxygen atoms in total. The standard InChI is InChI=1S/C20H19N3O3/c1-2-26-20(25)16-11-18(13-21-12-16)22-17-8-6-15(7-9-17)14-23-10-4-3-5-19(23)24/h3-13,22H,2,14H2,1H3. The van der Waals surface area contributed by atoms with Crippen molar-refractivity contribution in [3.05, 3.63) is 88.6 Å². The average molecular weight is 349 g/mol. The highest BCUT2D eigenvalue weighted by Crippen LogP contribution is 2.18. The Morgan fingerprint density at radius 2 is 1.92 bits per heavy atom. The number of esters is 1. The maximum Gasteiger partial charge on any atom is 0.339 e. The van der Waals surface area contributed by atoms with Gasteiger partial charge in [-0.25, -0.2) is 4.79 Å². The van der Waals surface area contributed by atoms with Crippen molar-refractivity contribution < 1.29 is 9.53 Å². The summed E-state index contributed by atoms with van der Waals surface area (Å²) in [6.07, 6.45) is 4.88. The summed E-state index contributed by atoms with van der Waals surface area (Å²) >= 11 is 0. The van der Waals surface area contributed by atoms with Crippen molar-refractivity contribution in [3.63, 3.8) is 0 Å². The summed E-state index contributed by atoms with van der Waals surface area (Å²) in [5.74, 6) is -0.396. The van der Waals surface area contributed by atoms with E-state index in [1.54, 1.807) is 42.1 Å². The van der Waals surface area contributed by atoms with Crippen LogP contribution >= 0.6 is 0 Å². The molecule has 0 spiro atoms. The van der Waals surface area contributed by atoms with Crippen LogP contribution in [-0.2, 0) is 11.3 Å². The van der Waals surface area contributed by atoms with Crippen LogP contribution in [0.4, 0.5) is 11.4 Å². The van der Waals surface area contributed by atoms with Crippen LogP contribution in [0.25, 0.3) is 0 Å². The van der Waals surface area contributed by atoms with Gasteiger partial charge in [-0.15, -0.1) is 0 Å². The van der Waals surface area contributed by atoms with E-state index < -0.39 is 5.97 Å². The SMILES string of the molecule is CCOC(=O)c1cncc(Nc2ccc(Cn3ccccc3=O)cc2)c1. The van der Waals surface area contributed by atoms with Crippen molar-refractivity contribution in [2.75, 3.05) is 11.9 Å². The van der Waals surface area contributed by atoms with Gasteiger partial charge in [0, 0.05) is 24.1 Å². The summed E-state index contributed by atoms with van der Waals surface area (Å²) in [6.45, 7) is 2.60. The first-order chi connectivity index (χ1) is 12.7. The van der Waals surface area contributed by atoms with E-state index in [1.165, 1.54) is 6.20 Å². The zero-order valence-corrected chi connectivity index (χ0v) is 14.4. The van der Waals surface area contributed by atoms with E-state index in [0.29, 0.717) is 24.4 Å². The number of rotatable bonds is 6. The molecule has 132 valence electrons. The molecule has 0 fully saturated rings. The Hall–Kier alpha value is -3.41. The first kappa shape index (κ1) is 17.4. The van der Waals surface area contributed by atoms with Crippen molar-refractivity contribution >= 4 is 17.3 Å². The summed E-state index contributed by atoms with van der Waals surface area (Å²) in [6, 6.07) is 14.5. The minimum atomic E-state index is -0.396. The number of aromatic nitrogens is 2. The number of nitrogens with one attached hydrogen (secondary N) is 1. The van der Waals surface area contributed by atoms with Crippen LogP contribution in [0.2, 0.25) is 0 Å². The van der Waals surface area contributed by atoms with E-state index in [2.05, 4.69) is 10.3 Å². The van der Waals surface area contributed by atoms with Crippen molar-refractivity contribution in [1.29, 1.82) is 0 Å². The Morgan fingerprint density at radius 3 is 2.65 bits per heavy atom. The topological polar surface area (TPSA) is 73.2 Å². The predicted molar refractivity (Wildman–Crippen MR) is 99.7 cm³/mol. The third-order valence-electron chi connectivity index (χ3n) is 3.74. The summed E-state index contributed by atoms with van der Waals surface area (Å²) in [5, 5.41) is 3.20. The number of benzene rings is 1. The molecule has 0 aliphatic carbocycles. The summed E-state index contributed by atoms with van der Waals surface area (Å²) in [5.41, 5.74) is 2.94. The molecule has 1 N–H and O–H groups in total. The molecule has 2 heterocycles. The molecule has 0 aliphatic rings. The number of hydrogen-bond donors (Lipinski definition) is 1. The number of hydrogen-bond acceptors (Lipinski definition) is 5. The maximum absolute atomic E-state index is 11.8. The summed E-state index contributed by atoms with van der Waals surface area (Å²) in [4.78, 5) is 27.6. The molecular weight excluding hydrogens is 330 g/mol.